The minimum absolute atomic E-state index is 0.0567. The zero-order valence-corrected chi connectivity index (χ0v) is 12.7. The average molecular weight is 282 g/mol. The molecular formula is C15H26N2O3. The third-order valence-electron chi connectivity index (χ3n) is 3.20. The lowest BCUT2D eigenvalue weighted by Gasteiger charge is -2.25. The number of hydrogen-bond acceptors (Lipinski definition) is 5. The highest BCUT2D eigenvalue weighted by atomic mass is 16.5. The van der Waals surface area contributed by atoms with Crippen LogP contribution < -0.4 is 10.5 Å². The van der Waals surface area contributed by atoms with Crippen molar-refractivity contribution >= 4 is 0 Å². The summed E-state index contributed by atoms with van der Waals surface area (Å²) in [7, 11) is 5.07. The van der Waals surface area contributed by atoms with Crippen molar-refractivity contribution in [3.8, 4) is 5.75 Å². The van der Waals surface area contributed by atoms with Gasteiger partial charge in [0.1, 0.15) is 5.75 Å². The lowest BCUT2D eigenvalue weighted by Crippen LogP contribution is -2.36. The Labute approximate surface area is 121 Å². The number of nitrogens with two attached hydrogens (primary N) is 1. The van der Waals surface area contributed by atoms with Crippen LogP contribution in [0.2, 0.25) is 0 Å². The first-order chi connectivity index (χ1) is 9.71. The second-order valence-electron chi connectivity index (χ2n) is 4.67. The normalized spacial score (nSPS) is 12.7. The van der Waals surface area contributed by atoms with Crippen LogP contribution in [-0.2, 0) is 9.47 Å². The molecule has 0 heterocycles. The minimum Gasteiger partial charge on any atom is -0.497 e. The minimum atomic E-state index is -0.0567. The molecule has 114 valence electrons. The van der Waals surface area contributed by atoms with Crippen molar-refractivity contribution in [3.05, 3.63) is 29.8 Å². The van der Waals surface area contributed by atoms with Crippen molar-refractivity contribution in [3.63, 3.8) is 0 Å². The molecule has 0 aromatic heterocycles. The maximum atomic E-state index is 6.28. The van der Waals surface area contributed by atoms with Crippen LogP contribution in [0.25, 0.3) is 0 Å². The smallest absolute Gasteiger partial charge is 0.119 e. The fourth-order valence-corrected chi connectivity index (χ4v) is 1.99. The van der Waals surface area contributed by atoms with Gasteiger partial charge in [-0.3, -0.25) is 4.90 Å². The van der Waals surface area contributed by atoms with Crippen molar-refractivity contribution in [1.82, 2.24) is 4.90 Å². The Balaban J connectivity index is 2.60. The molecule has 0 saturated carbocycles. The van der Waals surface area contributed by atoms with Gasteiger partial charge in [-0.05, 0) is 17.7 Å². The first-order valence-electron chi connectivity index (χ1n) is 6.81. The molecule has 1 aromatic rings. The van der Waals surface area contributed by atoms with E-state index in [0.717, 1.165) is 30.9 Å². The Morgan fingerprint density at radius 3 is 2.30 bits per heavy atom. The van der Waals surface area contributed by atoms with E-state index < -0.39 is 0 Å². The number of hydrogen-bond donors (Lipinski definition) is 1. The molecule has 0 fully saturated rings. The van der Waals surface area contributed by atoms with Gasteiger partial charge in [-0.1, -0.05) is 12.1 Å². The number of rotatable bonds is 10. The van der Waals surface area contributed by atoms with Gasteiger partial charge in [0.15, 0.2) is 0 Å². The average Bonchev–Trinajstić information content (AvgIpc) is 2.49. The summed E-state index contributed by atoms with van der Waals surface area (Å²) in [6.45, 7) is 3.83. The molecular weight excluding hydrogens is 256 g/mol. The molecule has 0 spiro atoms. The van der Waals surface area contributed by atoms with Gasteiger partial charge in [0.2, 0.25) is 0 Å². The number of benzene rings is 1. The number of methoxy groups -OCH3 is 3. The molecule has 0 bridgehead atoms. The summed E-state index contributed by atoms with van der Waals surface area (Å²) in [5, 5.41) is 0. The largest absolute Gasteiger partial charge is 0.497 e. The van der Waals surface area contributed by atoms with E-state index in [1.54, 1.807) is 21.3 Å². The Kier molecular flexibility index (Phi) is 8.22. The van der Waals surface area contributed by atoms with Crippen LogP contribution >= 0.6 is 0 Å². The zero-order valence-electron chi connectivity index (χ0n) is 12.7. The van der Waals surface area contributed by atoms with Gasteiger partial charge in [-0.15, -0.1) is 0 Å². The lowest BCUT2D eigenvalue weighted by molar-refractivity contribution is 0.110. The second-order valence-corrected chi connectivity index (χ2v) is 4.67. The molecule has 0 aliphatic rings. The molecule has 0 amide bonds. The molecule has 1 atom stereocenters. The Morgan fingerprint density at radius 2 is 1.75 bits per heavy atom. The summed E-state index contributed by atoms with van der Waals surface area (Å²) >= 11 is 0. The zero-order chi connectivity index (χ0) is 14.8. The lowest BCUT2D eigenvalue weighted by atomic mass is 10.1. The van der Waals surface area contributed by atoms with E-state index in [4.69, 9.17) is 19.9 Å². The standard InChI is InChI=1S/C15H26N2O3/c1-18-9-7-17(8-10-19-2)12-15(16)13-5-4-6-14(11-13)20-3/h4-6,11,15H,7-10,12,16H2,1-3H3. The fourth-order valence-electron chi connectivity index (χ4n) is 1.99. The van der Waals surface area contributed by atoms with E-state index in [2.05, 4.69) is 4.90 Å². The van der Waals surface area contributed by atoms with Crippen molar-refractivity contribution < 1.29 is 14.2 Å². The van der Waals surface area contributed by atoms with Gasteiger partial charge in [-0.25, -0.2) is 0 Å². The van der Waals surface area contributed by atoms with Gasteiger partial charge in [-0.2, -0.15) is 0 Å². The summed E-state index contributed by atoms with van der Waals surface area (Å²) in [4.78, 5) is 2.25. The molecule has 0 saturated heterocycles. The third kappa shape index (κ3) is 5.88. The van der Waals surface area contributed by atoms with E-state index in [1.165, 1.54) is 0 Å². The van der Waals surface area contributed by atoms with Crippen LogP contribution in [0, 0.1) is 0 Å². The van der Waals surface area contributed by atoms with Crippen LogP contribution in [0.4, 0.5) is 0 Å². The monoisotopic (exact) mass is 282 g/mol. The summed E-state index contributed by atoms with van der Waals surface area (Å²) in [5.41, 5.74) is 7.36. The van der Waals surface area contributed by atoms with Crippen LogP contribution in [0.3, 0.4) is 0 Å². The summed E-state index contributed by atoms with van der Waals surface area (Å²) in [6, 6.07) is 7.83. The molecule has 0 radical (unpaired) electrons. The van der Waals surface area contributed by atoms with E-state index >= 15 is 0 Å². The topological polar surface area (TPSA) is 57.0 Å². The molecule has 1 rings (SSSR count). The van der Waals surface area contributed by atoms with Crippen molar-refractivity contribution in [2.24, 2.45) is 5.73 Å². The molecule has 20 heavy (non-hydrogen) atoms. The maximum absolute atomic E-state index is 6.28. The van der Waals surface area contributed by atoms with E-state index in [1.807, 2.05) is 24.3 Å². The quantitative estimate of drug-likeness (QED) is 0.701. The van der Waals surface area contributed by atoms with Crippen LogP contribution in [0.1, 0.15) is 11.6 Å². The van der Waals surface area contributed by atoms with E-state index in [9.17, 15) is 0 Å². The predicted molar refractivity (Wildman–Crippen MR) is 80.1 cm³/mol. The molecule has 5 nitrogen and oxygen atoms in total. The molecule has 5 heteroatoms. The molecule has 2 N–H and O–H groups in total. The highest BCUT2D eigenvalue weighted by molar-refractivity contribution is 5.30. The van der Waals surface area contributed by atoms with Crippen molar-refractivity contribution in [2.45, 2.75) is 6.04 Å². The summed E-state index contributed by atoms with van der Waals surface area (Å²) in [6.07, 6.45) is 0. The SMILES string of the molecule is COCCN(CCOC)CC(N)c1cccc(OC)c1. The van der Waals surface area contributed by atoms with Crippen LogP contribution in [0.5, 0.6) is 5.75 Å². The highest BCUT2D eigenvalue weighted by Gasteiger charge is 2.12. The fraction of sp³-hybridized carbons (Fsp3) is 0.600. The van der Waals surface area contributed by atoms with E-state index in [-0.39, 0.29) is 6.04 Å². The van der Waals surface area contributed by atoms with Crippen molar-refractivity contribution in [1.29, 1.82) is 0 Å². The van der Waals surface area contributed by atoms with Crippen LogP contribution in [0.15, 0.2) is 24.3 Å². The molecule has 1 aromatic carbocycles. The van der Waals surface area contributed by atoms with E-state index in [0.29, 0.717) is 13.2 Å². The summed E-state index contributed by atoms with van der Waals surface area (Å²) in [5.74, 6) is 0.832. The van der Waals surface area contributed by atoms with Gasteiger partial charge in [0.05, 0.1) is 20.3 Å². The van der Waals surface area contributed by atoms with Gasteiger partial charge >= 0.3 is 0 Å². The highest BCUT2D eigenvalue weighted by Crippen LogP contribution is 2.18. The predicted octanol–water partition coefficient (Wildman–Crippen LogP) is 1.29. The van der Waals surface area contributed by atoms with Crippen LogP contribution in [-0.4, -0.2) is 59.1 Å². The van der Waals surface area contributed by atoms with Gasteiger partial charge < -0.3 is 19.9 Å². The first kappa shape index (κ1) is 16.9. The maximum Gasteiger partial charge on any atom is 0.119 e. The first-order valence-corrected chi connectivity index (χ1v) is 6.81. The Hall–Kier alpha value is -1.14. The number of ether oxygens (including phenoxy) is 3. The summed E-state index contributed by atoms with van der Waals surface area (Å²) < 4.78 is 15.5. The third-order valence-corrected chi connectivity index (χ3v) is 3.20. The Morgan fingerprint density at radius 1 is 1.10 bits per heavy atom. The van der Waals surface area contributed by atoms with Gasteiger partial charge in [0, 0.05) is 39.9 Å². The van der Waals surface area contributed by atoms with Crippen molar-refractivity contribution in [2.75, 3.05) is 54.2 Å². The van der Waals surface area contributed by atoms with Gasteiger partial charge in [0.25, 0.3) is 0 Å². The second kappa shape index (κ2) is 9.72. The molecule has 0 aliphatic heterocycles. The number of nitrogens with zero attached hydrogens (tertiary/aromatic N) is 1. The molecule has 0 aliphatic carbocycles. The Bertz CT molecular complexity index is 366. The molecule has 1 unspecified atom stereocenters.